The minimum Gasteiger partial charge on any atom is -0.346 e. The molecule has 1 aromatic carbocycles. The maximum absolute atomic E-state index is 12.7. The van der Waals surface area contributed by atoms with E-state index in [9.17, 15) is 9.59 Å². The molecule has 0 spiro atoms. The number of para-hydroxylation sites is 1. The fourth-order valence-electron chi connectivity index (χ4n) is 3.42. The van der Waals surface area contributed by atoms with Gasteiger partial charge >= 0.3 is 0 Å². The Morgan fingerprint density at radius 1 is 1.18 bits per heavy atom. The highest BCUT2D eigenvalue weighted by atomic mass is 16.2. The van der Waals surface area contributed by atoms with Gasteiger partial charge in [0.1, 0.15) is 5.69 Å². The summed E-state index contributed by atoms with van der Waals surface area (Å²) < 4.78 is 1.80. The highest BCUT2D eigenvalue weighted by molar-refractivity contribution is 5.95. The summed E-state index contributed by atoms with van der Waals surface area (Å²) in [5.74, 6) is -0.158. The molecule has 1 aliphatic rings. The van der Waals surface area contributed by atoms with Gasteiger partial charge in [0.25, 0.3) is 5.91 Å². The SMILES string of the molecule is Cn1c(C(=O)NC2(C)CCCCC2)cc(=O)c2ccccc21. The Bertz CT molecular complexity index is 770. The summed E-state index contributed by atoms with van der Waals surface area (Å²) in [6, 6.07) is 8.83. The molecule has 1 N–H and O–H groups in total. The molecule has 1 saturated carbocycles. The van der Waals surface area contributed by atoms with Crippen LogP contribution >= 0.6 is 0 Å². The average Bonchev–Trinajstić information content (AvgIpc) is 2.51. The zero-order chi connectivity index (χ0) is 15.7. The first-order chi connectivity index (χ1) is 10.5. The molecule has 1 aliphatic carbocycles. The minimum absolute atomic E-state index is 0.104. The standard InChI is InChI=1S/C18H22N2O2/c1-18(10-6-3-7-11-18)19-17(22)15-12-16(21)13-8-4-5-9-14(13)20(15)2/h4-5,8-9,12H,3,6-7,10-11H2,1-2H3,(H,19,22). The van der Waals surface area contributed by atoms with Gasteiger partial charge in [-0.3, -0.25) is 9.59 Å². The van der Waals surface area contributed by atoms with Crippen LogP contribution in [0.25, 0.3) is 10.9 Å². The Balaban J connectivity index is 1.97. The number of rotatable bonds is 2. The van der Waals surface area contributed by atoms with E-state index in [1.54, 1.807) is 10.6 Å². The molecule has 1 amide bonds. The third-order valence-corrected chi connectivity index (χ3v) is 4.77. The van der Waals surface area contributed by atoms with Gasteiger partial charge in [-0.15, -0.1) is 0 Å². The molecule has 1 heterocycles. The summed E-state index contributed by atoms with van der Waals surface area (Å²) in [6.07, 6.45) is 5.53. The number of carbonyl (C=O) groups is 1. The number of fused-ring (bicyclic) bond motifs is 1. The van der Waals surface area contributed by atoms with Crippen LogP contribution in [0, 0.1) is 0 Å². The van der Waals surface area contributed by atoms with Crippen molar-refractivity contribution >= 4 is 16.8 Å². The van der Waals surface area contributed by atoms with Gasteiger partial charge in [0.15, 0.2) is 5.43 Å². The molecule has 3 rings (SSSR count). The Hall–Kier alpha value is -2.10. The molecule has 0 atom stereocenters. The summed E-state index contributed by atoms with van der Waals surface area (Å²) in [6.45, 7) is 2.10. The van der Waals surface area contributed by atoms with Crippen molar-refractivity contribution < 1.29 is 4.79 Å². The van der Waals surface area contributed by atoms with Crippen molar-refractivity contribution in [3.05, 3.63) is 46.2 Å². The van der Waals surface area contributed by atoms with Crippen molar-refractivity contribution in [2.45, 2.75) is 44.6 Å². The number of nitrogens with one attached hydrogen (secondary N) is 1. The number of carbonyl (C=O) groups excluding carboxylic acids is 1. The van der Waals surface area contributed by atoms with Gasteiger partial charge in [-0.25, -0.2) is 0 Å². The van der Waals surface area contributed by atoms with E-state index in [4.69, 9.17) is 0 Å². The molecule has 0 aliphatic heterocycles. The third-order valence-electron chi connectivity index (χ3n) is 4.77. The van der Waals surface area contributed by atoms with Crippen LogP contribution in [-0.2, 0) is 7.05 Å². The Labute approximate surface area is 130 Å². The van der Waals surface area contributed by atoms with E-state index < -0.39 is 0 Å². The van der Waals surface area contributed by atoms with E-state index in [2.05, 4.69) is 12.2 Å². The molecule has 116 valence electrons. The lowest BCUT2D eigenvalue weighted by atomic mass is 9.83. The Morgan fingerprint density at radius 3 is 2.59 bits per heavy atom. The van der Waals surface area contributed by atoms with Crippen molar-refractivity contribution in [2.24, 2.45) is 7.05 Å². The highest BCUT2D eigenvalue weighted by Gasteiger charge is 2.29. The van der Waals surface area contributed by atoms with E-state index in [1.807, 2.05) is 25.2 Å². The van der Waals surface area contributed by atoms with Gasteiger partial charge in [0.05, 0.1) is 5.52 Å². The molecule has 4 nitrogen and oxygen atoms in total. The van der Waals surface area contributed by atoms with Crippen LogP contribution in [-0.4, -0.2) is 16.0 Å². The maximum atomic E-state index is 12.7. The summed E-state index contributed by atoms with van der Waals surface area (Å²) in [5, 5.41) is 3.79. The van der Waals surface area contributed by atoms with Gasteiger partial charge in [-0.05, 0) is 31.9 Å². The molecule has 0 bridgehead atoms. The van der Waals surface area contributed by atoms with Gasteiger partial charge in [-0.1, -0.05) is 31.4 Å². The average molecular weight is 298 g/mol. The second-order valence-electron chi connectivity index (χ2n) is 6.55. The van der Waals surface area contributed by atoms with Crippen LogP contribution in [0.1, 0.15) is 49.5 Å². The monoisotopic (exact) mass is 298 g/mol. The lowest BCUT2D eigenvalue weighted by Crippen LogP contribution is -2.48. The largest absolute Gasteiger partial charge is 0.346 e. The summed E-state index contributed by atoms with van der Waals surface area (Å²) >= 11 is 0. The van der Waals surface area contributed by atoms with Crippen molar-refractivity contribution in [2.75, 3.05) is 0 Å². The lowest BCUT2D eigenvalue weighted by Gasteiger charge is -2.34. The number of aryl methyl sites for hydroxylation is 1. The zero-order valence-electron chi connectivity index (χ0n) is 13.2. The first-order valence-corrected chi connectivity index (χ1v) is 7.91. The van der Waals surface area contributed by atoms with E-state index in [-0.39, 0.29) is 16.9 Å². The van der Waals surface area contributed by atoms with E-state index in [0.29, 0.717) is 11.1 Å². The smallest absolute Gasteiger partial charge is 0.268 e. The highest BCUT2D eigenvalue weighted by Crippen LogP contribution is 2.27. The number of aromatic nitrogens is 1. The number of nitrogens with zero attached hydrogens (tertiary/aromatic N) is 1. The van der Waals surface area contributed by atoms with Crippen LogP contribution in [0.4, 0.5) is 0 Å². The number of amides is 1. The van der Waals surface area contributed by atoms with Crippen LogP contribution < -0.4 is 10.7 Å². The summed E-state index contributed by atoms with van der Waals surface area (Å²) in [7, 11) is 1.83. The molecule has 0 radical (unpaired) electrons. The normalized spacial score (nSPS) is 17.4. The number of hydrogen-bond acceptors (Lipinski definition) is 2. The van der Waals surface area contributed by atoms with Gasteiger partial charge in [-0.2, -0.15) is 0 Å². The molecule has 1 fully saturated rings. The topological polar surface area (TPSA) is 51.1 Å². The fourth-order valence-corrected chi connectivity index (χ4v) is 3.42. The maximum Gasteiger partial charge on any atom is 0.268 e. The molecule has 22 heavy (non-hydrogen) atoms. The zero-order valence-corrected chi connectivity index (χ0v) is 13.2. The summed E-state index contributed by atoms with van der Waals surface area (Å²) in [4.78, 5) is 24.9. The number of hydrogen-bond donors (Lipinski definition) is 1. The van der Waals surface area contributed by atoms with Crippen LogP contribution in [0.2, 0.25) is 0 Å². The molecular weight excluding hydrogens is 276 g/mol. The van der Waals surface area contributed by atoms with Crippen molar-refractivity contribution in [1.82, 2.24) is 9.88 Å². The minimum atomic E-state index is -0.158. The predicted molar refractivity (Wildman–Crippen MR) is 88.1 cm³/mol. The molecule has 2 aromatic rings. The molecular formula is C18H22N2O2. The number of pyridine rings is 1. The second kappa shape index (κ2) is 5.59. The van der Waals surface area contributed by atoms with Crippen molar-refractivity contribution in [3.8, 4) is 0 Å². The second-order valence-corrected chi connectivity index (χ2v) is 6.55. The van der Waals surface area contributed by atoms with Crippen molar-refractivity contribution in [1.29, 1.82) is 0 Å². The lowest BCUT2D eigenvalue weighted by molar-refractivity contribution is 0.0874. The van der Waals surface area contributed by atoms with Gasteiger partial charge < -0.3 is 9.88 Å². The van der Waals surface area contributed by atoms with Crippen molar-refractivity contribution in [3.63, 3.8) is 0 Å². The first kappa shape index (κ1) is 14.8. The molecule has 1 aromatic heterocycles. The van der Waals surface area contributed by atoms with Crippen LogP contribution in [0.3, 0.4) is 0 Å². The van der Waals surface area contributed by atoms with E-state index in [1.165, 1.54) is 12.5 Å². The number of benzene rings is 1. The molecule has 4 heteroatoms. The van der Waals surface area contributed by atoms with Gasteiger partial charge in [0, 0.05) is 24.0 Å². The van der Waals surface area contributed by atoms with E-state index >= 15 is 0 Å². The Kier molecular flexibility index (Phi) is 3.77. The van der Waals surface area contributed by atoms with E-state index in [0.717, 1.165) is 31.2 Å². The third kappa shape index (κ3) is 2.65. The Morgan fingerprint density at radius 2 is 1.86 bits per heavy atom. The van der Waals surface area contributed by atoms with Gasteiger partial charge in [0.2, 0.25) is 0 Å². The first-order valence-electron chi connectivity index (χ1n) is 7.91. The van der Waals surface area contributed by atoms with Crippen LogP contribution in [0.5, 0.6) is 0 Å². The predicted octanol–water partition coefficient (Wildman–Crippen LogP) is 2.99. The van der Waals surface area contributed by atoms with Crippen LogP contribution in [0.15, 0.2) is 35.1 Å². The quantitative estimate of drug-likeness (QED) is 0.926. The molecule has 0 saturated heterocycles. The summed E-state index contributed by atoms with van der Waals surface area (Å²) in [5.41, 5.74) is 0.953. The fraction of sp³-hybridized carbons (Fsp3) is 0.444. The molecule has 0 unspecified atom stereocenters.